The molecule has 0 atom stereocenters. The maximum absolute atomic E-state index is 2.50. The van der Waals surface area contributed by atoms with E-state index in [4.69, 9.17) is 0 Å². The molecule has 0 N–H and O–H groups in total. The van der Waals surface area contributed by atoms with Gasteiger partial charge in [-0.2, -0.15) is 0 Å². The first kappa shape index (κ1) is 29.5. The normalized spacial score (nSPS) is 18.8. The summed E-state index contributed by atoms with van der Waals surface area (Å²) in [6.07, 6.45) is 2.40. The van der Waals surface area contributed by atoms with Gasteiger partial charge in [0, 0.05) is 0 Å². The van der Waals surface area contributed by atoms with Gasteiger partial charge in [0.1, 0.15) is 0 Å². The van der Waals surface area contributed by atoms with Gasteiger partial charge in [-0.25, -0.2) is 0 Å². The van der Waals surface area contributed by atoms with Crippen molar-refractivity contribution in [2.75, 3.05) is 0 Å². The molecule has 0 nitrogen and oxygen atoms in total. The predicted octanol–water partition coefficient (Wildman–Crippen LogP) is 1.47. The molecule has 5 rings (SSSR count). The van der Waals surface area contributed by atoms with Crippen LogP contribution in [0, 0.1) is 10.8 Å². The molecule has 2 aromatic carbocycles. The molecule has 4 heteroatoms. The van der Waals surface area contributed by atoms with Gasteiger partial charge in [0.05, 0.1) is 0 Å². The van der Waals surface area contributed by atoms with Gasteiger partial charge >= 0.3 is 218 Å². The van der Waals surface area contributed by atoms with Crippen LogP contribution in [0.5, 0.6) is 0 Å². The van der Waals surface area contributed by atoms with Crippen LogP contribution in [0.1, 0.15) is 68.2 Å². The first-order chi connectivity index (χ1) is 16.0. The van der Waals surface area contributed by atoms with E-state index in [1.165, 1.54) is 12.8 Å². The Hall–Kier alpha value is -1.09. The van der Waals surface area contributed by atoms with Gasteiger partial charge in [0.25, 0.3) is 0 Å². The fourth-order valence-electron chi connectivity index (χ4n) is 6.55. The molecule has 188 valence electrons. The van der Waals surface area contributed by atoms with Crippen LogP contribution in [0.4, 0.5) is 0 Å². The molecule has 0 spiro atoms. The van der Waals surface area contributed by atoms with Crippen molar-refractivity contribution in [1.82, 2.24) is 0 Å². The van der Waals surface area contributed by atoms with E-state index < -0.39 is 8.07 Å². The maximum Gasteiger partial charge on any atom is -1.00 e. The summed E-state index contributed by atoms with van der Waals surface area (Å²) in [6.45, 7) is 19.7. The third-order valence-corrected chi connectivity index (χ3v) is 16.2. The summed E-state index contributed by atoms with van der Waals surface area (Å²) in [6, 6.07) is 23.3. The Labute approximate surface area is 241 Å². The van der Waals surface area contributed by atoms with Crippen LogP contribution in [-0.4, -0.2) is 8.07 Å². The van der Waals surface area contributed by atoms with Crippen LogP contribution in [0.15, 0.2) is 101 Å². The minimum Gasteiger partial charge on any atom is -1.00 e. The van der Waals surface area contributed by atoms with E-state index in [0.717, 1.165) is 0 Å². The van der Waals surface area contributed by atoms with Gasteiger partial charge in [0.2, 0.25) is 0 Å². The summed E-state index contributed by atoms with van der Waals surface area (Å²) in [4.78, 5) is 0. The summed E-state index contributed by atoms with van der Waals surface area (Å²) < 4.78 is 3.60. The molecule has 0 saturated carbocycles. The number of hydrogen-bond acceptors (Lipinski definition) is 0. The molecular formula is C32H38Cl2SiTi. The molecule has 36 heavy (non-hydrogen) atoms. The van der Waals surface area contributed by atoms with Crippen LogP contribution >= 0.6 is 0 Å². The molecule has 0 saturated heterocycles. The Kier molecular flexibility index (Phi) is 8.38. The van der Waals surface area contributed by atoms with Gasteiger partial charge in [0.15, 0.2) is 0 Å². The molecule has 4 bridgehead atoms. The van der Waals surface area contributed by atoms with Crippen molar-refractivity contribution in [2.45, 2.75) is 68.2 Å². The Bertz CT molecular complexity index is 1180. The standard InChI is InChI=1S/C32H38Si.2ClH.Ti/c1-23-19-21-27(31(3,4)5)29(23)33(25-15-11-9-12-16-25,26-17-13-10-14-18-26)30-24(2)20-22-28(30)32(6,7)8;;;/h9-18H,21-22H2,1-8H3;2*1H;/q;;;+2/p-2. The largest absolute Gasteiger partial charge is 1.00 e. The summed E-state index contributed by atoms with van der Waals surface area (Å²) in [7, 11) is -2.50. The summed E-state index contributed by atoms with van der Waals surface area (Å²) in [5, 5.41) is 6.59. The van der Waals surface area contributed by atoms with Crippen LogP contribution in [0.25, 0.3) is 0 Å². The van der Waals surface area contributed by atoms with E-state index in [1.54, 1.807) is 50.8 Å². The Balaban J connectivity index is 0.00000180. The number of halogens is 2. The summed E-state index contributed by atoms with van der Waals surface area (Å²) in [5.74, 6) is 0. The molecule has 0 amide bonds. The second kappa shape index (κ2) is 10.2. The number of hydrogen-bond donors (Lipinski definition) is 0. The van der Waals surface area contributed by atoms with Gasteiger partial charge in [-0.05, 0) is 0 Å². The zero-order valence-corrected chi connectivity index (χ0v) is 27.0. The Morgan fingerprint density at radius 2 is 0.917 bits per heavy atom. The maximum atomic E-state index is 2.48. The topological polar surface area (TPSA) is 0 Å². The first-order valence-corrected chi connectivity index (χ1v) is 16.3. The van der Waals surface area contributed by atoms with E-state index >= 15 is 0 Å². The molecule has 2 aliphatic carbocycles. The SMILES string of the molecule is CC1=[C]2CC(C(C)(C)C)=C1[Si](c1ccccc1)(c1ccccc1)C1=C(C(C)(C)C)C[C](=C1C)[Ti+2]2.[Cl-].[Cl-]. The second-order valence-corrected chi connectivity index (χ2v) is 18.3. The minimum atomic E-state index is -2.50. The fourth-order valence-corrected chi connectivity index (χ4v) is 15.7. The van der Waals surface area contributed by atoms with Crippen molar-refractivity contribution in [3.8, 4) is 0 Å². The van der Waals surface area contributed by atoms with E-state index in [9.17, 15) is 0 Å². The number of allylic oxidation sites excluding steroid dienone is 8. The Morgan fingerprint density at radius 3 is 1.22 bits per heavy atom. The first-order valence-electron chi connectivity index (χ1n) is 12.7. The zero-order chi connectivity index (χ0) is 24.5. The van der Waals surface area contributed by atoms with E-state index in [-0.39, 0.29) is 54.8 Å². The molecule has 2 aromatic rings. The summed E-state index contributed by atoms with van der Waals surface area (Å²) in [5.41, 5.74) is 7.06. The molecule has 0 aromatic heterocycles. The Morgan fingerprint density at radius 1 is 0.583 bits per heavy atom. The van der Waals surface area contributed by atoms with Crippen molar-refractivity contribution in [3.63, 3.8) is 0 Å². The zero-order valence-electron chi connectivity index (χ0n) is 22.9. The van der Waals surface area contributed by atoms with Gasteiger partial charge in [-0.15, -0.1) is 0 Å². The van der Waals surface area contributed by atoms with Crippen molar-refractivity contribution in [1.29, 1.82) is 0 Å². The van der Waals surface area contributed by atoms with E-state index in [2.05, 4.69) is 116 Å². The molecular weight excluding hydrogens is 531 g/mol. The number of fused-ring (bicyclic) bond motifs is 2. The van der Waals surface area contributed by atoms with Crippen molar-refractivity contribution in [3.05, 3.63) is 101 Å². The van der Waals surface area contributed by atoms with Gasteiger partial charge < -0.3 is 24.8 Å². The van der Waals surface area contributed by atoms with Gasteiger partial charge in [-0.3, -0.25) is 0 Å². The quantitative estimate of drug-likeness (QED) is 0.481. The van der Waals surface area contributed by atoms with Crippen LogP contribution in [0.3, 0.4) is 0 Å². The summed E-state index contributed by atoms with van der Waals surface area (Å²) >= 11 is -0.265. The molecule has 3 aliphatic rings. The number of benzene rings is 2. The van der Waals surface area contributed by atoms with E-state index in [1.807, 2.05) is 0 Å². The van der Waals surface area contributed by atoms with E-state index in [0.29, 0.717) is 0 Å². The third-order valence-electron chi connectivity index (χ3n) is 8.24. The smallest absolute Gasteiger partial charge is 1.00 e. The van der Waals surface area contributed by atoms with Crippen LogP contribution in [0.2, 0.25) is 0 Å². The predicted molar refractivity (Wildman–Crippen MR) is 146 cm³/mol. The average molecular weight is 570 g/mol. The molecule has 0 radical (unpaired) electrons. The fraction of sp³-hybridized carbons (Fsp3) is 0.375. The second-order valence-electron chi connectivity index (χ2n) is 12.4. The average Bonchev–Trinajstić information content (AvgIpc) is 3.32. The van der Waals surface area contributed by atoms with Crippen LogP contribution in [-0.2, 0) is 19.2 Å². The monoisotopic (exact) mass is 568 g/mol. The molecule has 0 unspecified atom stereocenters. The van der Waals surface area contributed by atoms with Gasteiger partial charge in [-0.1, -0.05) is 0 Å². The van der Waals surface area contributed by atoms with Crippen molar-refractivity contribution < 1.29 is 44.0 Å². The van der Waals surface area contributed by atoms with Crippen LogP contribution < -0.4 is 35.2 Å². The molecule has 1 aliphatic heterocycles. The third kappa shape index (κ3) is 4.44. The molecule has 1 heterocycles. The minimum absolute atomic E-state index is 0. The number of rotatable bonds is 2. The van der Waals surface area contributed by atoms with Crippen molar-refractivity contribution >= 4 is 18.4 Å². The van der Waals surface area contributed by atoms with Crippen molar-refractivity contribution in [2.24, 2.45) is 10.8 Å². The molecule has 0 fully saturated rings.